The number of benzene rings is 1. The van der Waals surface area contributed by atoms with E-state index < -0.39 is 17.7 Å². The smallest absolute Gasteiger partial charge is 0.339 e. The Morgan fingerprint density at radius 2 is 2.00 bits per heavy atom. The molecular formula is C17H16ClFN2O4. The molecular weight excluding hydrogens is 351 g/mol. The first-order valence-electron chi connectivity index (χ1n) is 7.30. The van der Waals surface area contributed by atoms with Gasteiger partial charge < -0.3 is 15.0 Å². The maximum absolute atomic E-state index is 13.2. The molecule has 2 N–H and O–H groups in total. The summed E-state index contributed by atoms with van der Waals surface area (Å²) in [6.07, 6.45) is -0.201. The number of halogens is 2. The average Bonchev–Trinajstić information content (AvgIpc) is 2.86. The number of aromatic amines is 1. The van der Waals surface area contributed by atoms with Gasteiger partial charge >= 0.3 is 5.97 Å². The Labute approximate surface area is 148 Å². The van der Waals surface area contributed by atoms with Gasteiger partial charge in [0.2, 0.25) is 5.91 Å². The molecule has 0 fully saturated rings. The number of carbonyl (C=O) groups is 3. The summed E-state index contributed by atoms with van der Waals surface area (Å²) in [7, 11) is 1.21. The van der Waals surface area contributed by atoms with Crippen molar-refractivity contribution in [1.29, 1.82) is 0 Å². The molecule has 132 valence electrons. The first kappa shape index (κ1) is 18.7. The number of ether oxygens (including phenoxy) is 1. The maximum Gasteiger partial charge on any atom is 0.339 e. The minimum absolute atomic E-state index is 0.123. The highest BCUT2D eigenvalue weighted by molar-refractivity contribution is 6.31. The lowest BCUT2D eigenvalue weighted by molar-refractivity contribution is -0.115. The van der Waals surface area contributed by atoms with Crippen molar-refractivity contribution in [2.24, 2.45) is 0 Å². The number of rotatable bonds is 5. The topological polar surface area (TPSA) is 88.3 Å². The minimum Gasteiger partial charge on any atom is -0.465 e. The van der Waals surface area contributed by atoms with Crippen LogP contribution in [0.1, 0.15) is 39.0 Å². The summed E-state index contributed by atoms with van der Waals surface area (Å²) < 4.78 is 17.9. The number of Topliss-reactive ketones (excluding diaryl/α,β-unsaturated/α-hetero) is 1. The van der Waals surface area contributed by atoms with Crippen molar-refractivity contribution in [3.8, 4) is 0 Å². The number of esters is 1. The zero-order valence-electron chi connectivity index (χ0n) is 13.8. The van der Waals surface area contributed by atoms with E-state index in [1.54, 1.807) is 6.92 Å². The van der Waals surface area contributed by atoms with Crippen molar-refractivity contribution in [3.63, 3.8) is 0 Å². The number of hydrogen-bond donors (Lipinski definition) is 2. The third-order valence-corrected chi connectivity index (χ3v) is 3.90. The standard InChI is InChI=1S/C17H16ClFN2O4/c1-8-15(17(24)25-3)13(21-16(8)9(2)22)7-14(23)20-10-4-5-12(19)11(18)6-10/h4-6,21H,7H2,1-3H3,(H,20,23). The molecule has 0 spiro atoms. The summed E-state index contributed by atoms with van der Waals surface area (Å²) in [6.45, 7) is 2.95. The Hall–Kier alpha value is -2.67. The van der Waals surface area contributed by atoms with Crippen molar-refractivity contribution in [1.82, 2.24) is 4.98 Å². The summed E-state index contributed by atoms with van der Waals surface area (Å²) in [5.41, 5.74) is 1.39. The van der Waals surface area contributed by atoms with Crippen LogP contribution in [0.2, 0.25) is 5.02 Å². The van der Waals surface area contributed by atoms with Gasteiger partial charge in [-0.15, -0.1) is 0 Å². The monoisotopic (exact) mass is 366 g/mol. The Kier molecular flexibility index (Phi) is 5.58. The zero-order valence-corrected chi connectivity index (χ0v) is 14.6. The van der Waals surface area contributed by atoms with Crippen LogP contribution in [-0.2, 0) is 16.0 Å². The molecule has 8 heteroatoms. The second-order valence-electron chi connectivity index (χ2n) is 5.38. The lowest BCUT2D eigenvalue weighted by Crippen LogP contribution is -2.17. The Morgan fingerprint density at radius 1 is 1.32 bits per heavy atom. The van der Waals surface area contributed by atoms with E-state index >= 15 is 0 Å². The molecule has 0 aliphatic rings. The van der Waals surface area contributed by atoms with Crippen LogP contribution in [0.5, 0.6) is 0 Å². The number of nitrogens with one attached hydrogen (secondary N) is 2. The molecule has 0 aliphatic heterocycles. The van der Waals surface area contributed by atoms with Gasteiger partial charge in [-0.05, 0) is 30.7 Å². The molecule has 2 rings (SSSR count). The minimum atomic E-state index is -0.645. The fraction of sp³-hybridized carbons (Fsp3) is 0.235. The van der Waals surface area contributed by atoms with E-state index in [1.165, 1.54) is 26.2 Å². The van der Waals surface area contributed by atoms with E-state index in [9.17, 15) is 18.8 Å². The second kappa shape index (κ2) is 7.48. The molecule has 0 unspecified atom stereocenters. The third-order valence-electron chi connectivity index (χ3n) is 3.61. The number of ketones is 1. The number of carbonyl (C=O) groups excluding carboxylic acids is 3. The highest BCUT2D eigenvalue weighted by Gasteiger charge is 2.24. The van der Waals surface area contributed by atoms with Gasteiger partial charge in [-0.1, -0.05) is 11.6 Å². The van der Waals surface area contributed by atoms with Gasteiger partial charge in [0.05, 0.1) is 29.8 Å². The van der Waals surface area contributed by atoms with Crippen LogP contribution in [0.3, 0.4) is 0 Å². The Morgan fingerprint density at radius 3 is 2.56 bits per heavy atom. The summed E-state index contributed by atoms with van der Waals surface area (Å²) in [4.78, 5) is 38.7. The number of hydrogen-bond acceptors (Lipinski definition) is 4. The van der Waals surface area contributed by atoms with E-state index in [-0.39, 0.29) is 34.2 Å². The zero-order chi connectivity index (χ0) is 18.7. The van der Waals surface area contributed by atoms with E-state index in [0.717, 1.165) is 6.07 Å². The van der Waals surface area contributed by atoms with Crippen LogP contribution < -0.4 is 5.32 Å². The summed E-state index contributed by atoms with van der Waals surface area (Å²) in [5, 5.41) is 2.43. The molecule has 0 bridgehead atoms. The van der Waals surface area contributed by atoms with Crippen molar-refractivity contribution in [2.45, 2.75) is 20.3 Å². The van der Waals surface area contributed by atoms with Crippen LogP contribution in [0.25, 0.3) is 0 Å². The van der Waals surface area contributed by atoms with Crippen LogP contribution in [-0.4, -0.2) is 29.8 Å². The lowest BCUT2D eigenvalue weighted by Gasteiger charge is -2.07. The highest BCUT2D eigenvalue weighted by atomic mass is 35.5. The van der Waals surface area contributed by atoms with Gasteiger partial charge in [0.25, 0.3) is 0 Å². The molecule has 2 aromatic rings. The number of H-pyrrole nitrogens is 1. The first-order chi connectivity index (χ1) is 11.7. The van der Waals surface area contributed by atoms with E-state index in [1.807, 2.05) is 0 Å². The van der Waals surface area contributed by atoms with Gasteiger partial charge in [-0.2, -0.15) is 0 Å². The van der Waals surface area contributed by atoms with Gasteiger partial charge in [0, 0.05) is 18.3 Å². The van der Waals surface area contributed by atoms with E-state index in [4.69, 9.17) is 16.3 Å². The lowest BCUT2D eigenvalue weighted by atomic mass is 10.1. The third kappa shape index (κ3) is 4.06. The molecule has 0 saturated carbocycles. The van der Waals surface area contributed by atoms with Gasteiger partial charge in [0.1, 0.15) is 5.82 Å². The van der Waals surface area contributed by atoms with Crippen LogP contribution >= 0.6 is 11.6 Å². The Bertz CT molecular complexity index is 861. The first-order valence-corrected chi connectivity index (χ1v) is 7.68. The molecule has 1 amide bonds. The van der Waals surface area contributed by atoms with Crippen molar-refractivity contribution < 1.29 is 23.5 Å². The molecule has 0 radical (unpaired) electrons. The molecule has 25 heavy (non-hydrogen) atoms. The van der Waals surface area contributed by atoms with Gasteiger partial charge in [-0.3, -0.25) is 9.59 Å². The SMILES string of the molecule is COC(=O)c1c(CC(=O)Nc2ccc(F)c(Cl)c2)[nH]c(C(C)=O)c1C. The van der Waals surface area contributed by atoms with Crippen LogP contribution in [0.4, 0.5) is 10.1 Å². The predicted octanol–water partition coefficient (Wildman–Crippen LogP) is 3.29. The van der Waals surface area contributed by atoms with Crippen molar-refractivity contribution in [3.05, 3.63) is 51.6 Å². The summed E-state index contributed by atoms with van der Waals surface area (Å²) >= 11 is 5.67. The average molecular weight is 367 g/mol. The number of methoxy groups -OCH3 is 1. The highest BCUT2D eigenvalue weighted by Crippen LogP contribution is 2.22. The molecule has 1 aromatic heterocycles. The summed E-state index contributed by atoms with van der Waals surface area (Å²) in [5.74, 6) is -1.98. The quantitative estimate of drug-likeness (QED) is 0.627. The van der Waals surface area contributed by atoms with Crippen LogP contribution in [0.15, 0.2) is 18.2 Å². The van der Waals surface area contributed by atoms with E-state index in [2.05, 4.69) is 10.3 Å². The number of anilines is 1. The van der Waals surface area contributed by atoms with Gasteiger partial charge in [-0.25, -0.2) is 9.18 Å². The number of aromatic nitrogens is 1. The normalized spacial score (nSPS) is 10.4. The van der Waals surface area contributed by atoms with Crippen LogP contribution in [0, 0.1) is 12.7 Å². The Balaban J connectivity index is 2.27. The molecule has 0 saturated heterocycles. The fourth-order valence-electron chi connectivity index (χ4n) is 2.46. The molecule has 1 heterocycles. The number of amides is 1. The fourth-order valence-corrected chi connectivity index (χ4v) is 2.64. The second-order valence-corrected chi connectivity index (χ2v) is 5.79. The van der Waals surface area contributed by atoms with E-state index in [0.29, 0.717) is 11.3 Å². The largest absolute Gasteiger partial charge is 0.465 e. The van der Waals surface area contributed by atoms with Gasteiger partial charge in [0.15, 0.2) is 5.78 Å². The van der Waals surface area contributed by atoms with Crippen molar-refractivity contribution in [2.75, 3.05) is 12.4 Å². The molecule has 1 aromatic carbocycles. The molecule has 0 atom stereocenters. The summed E-state index contributed by atoms with van der Waals surface area (Å²) in [6, 6.07) is 3.77. The maximum atomic E-state index is 13.2. The molecule has 6 nitrogen and oxygen atoms in total. The van der Waals surface area contributed by atoms with Crippen molar-refractivity contribution >= 4 is 34.9 Å². The predicted molar refractivity (Wildman–Crippen MR) is 90.6 cm³/mol. The molecule has 0 aliphatic carbocycles.